The molecule has 0 aliphatic carbocycles. The molecule has 2 aromatic rings. The highest BCUT2D eigenvalue weighted by molar-refractivity contribution is 5.94. The van der Waals surface area contributed by atoms with Gasteiger partial charge >= 0.3 is 0 Å². The molecule has 0 saturated carbocycles. The summed E-state index contributed by atoms with van der Waals surface area (Å²) in [5, 5.41) is 7.46. The van der Waals surface area contributed by atoms with E-state index in [9.17, 15) is 9.18 Å². The van der Waals surface area contributed by atoms with E-state index in [0.29, 0.717) is 12.1 Å². The molecule has 3 rings (SSSR count). The fourth-order valence-corrected chi connectivity index (χ4v) is 2.79. The number of nitrogens with zero attached hydrogens (tertiary/aromatic N) is 3. The van der Waals surface area contributed by atoms with Gasteiger partial charge in [0, 0.05) is 6.54 Å². The van der Waals surface area contributed by atoms with E-state index in [-0.39, 0.29) is 17.8 Å². The molecule has 1 atom stereocenters. The molecule has 0 bridgehead atoms. The predicted octanol–water partition coefficient (Wildman–Crippen LogP) is 2.98. The van der Waals surface area contributed by atoms with Crippen molar-refractivity contribution >= 4 is 5.91 Å². The number of likely N-dealkylation sites (tertiary alicyclic amines) is 1. The lowest BCUT2D eigenvalue weighted by Gasteiger charge is -2.36. The summed E-state index contributed by atoms with van der Waals surface area (Å²) in [6.45, 7) is 0.712. The highest BCUT2D eigenvalue weighted by Crippen LogP contribution is 2.32. The average molecular weight is 285 g/mol. The molecule has 2 heterocycles. The molecule has 1 unspecified atom stereocenters. The van der Waals surface area contributed by atoms with Crippen LogP contribution < -0.4 is 0 Å². The van der Waals surface area contributed by atoms with Gasteiger partial charge in [-0.2, -0.15) is 10.2 Å². The van der Waals surface area contributed by atoms with Crippen LogP contribution in [-0.2, 0) is 0 Å². The zero-order chi connectivity index (χ0) is 14.7. The van der Waals surface area contributed by atoms with Gasteiger partial charge in [-0.15, -0.1) is 0 Å². The van der Waals surface area contributed by atoms with Crippen LogP contribution in [0.1, 0.15) is 41.2 Å². The Balaban J connectivity index is 1.88. The van der Waals surface area contributed by atoms with E-state index in [4.69, 9.17) is 0 Å². The van der Waals surface area contributed by atoms with Crippen molar-refractivity contribution in [3.63, 3.8) is 0 Å². The summed E-state index contributed by atoms with van der Waals surface area (Å²) in [4.78, 5) is 14.5. The fraction of sp³-hybridized carbons (Fsp3) is 0.312. The largest absolute Gasteiger partial charge is 0.332 e. The van der Waals surface area contributed by atoms with Crippen LogP contribution in [0.2, 0.25) is 0 Å². The van der Waals surface area contributed by atoms with Gasteiger partial charge in [-0.05, 0) is 43.0 Å². The Morgan fingerprint density at radius 1 is 1.14 bits per heavy atom. The summed E-state index contributed by atoms with van der Waals surface area (Å²) in [7, 11) is 0. The molecule has 1 aliphatic heterocycles. The lowest BCUT2D eigenvalue weighted by atomic mass is 9.94. The van der Waals surface area contributed by atoms with E-state index in [0.717, 1.165) is 24.8 Å². The maximum absolute atomic E-state index is 13.1. The summed E-state index contributed by atoms with van der Waals surface area (Å²) >= 11 is 0. The van der Waals surface area contributed by atoms with Gasteiger partial charge in [0.1, 0.15) is 5.82 Å². The first-order valence-electron chi connectivity index (χ1n) is 7.09. The molecule has 1 amide bonds. The number of hydrogen-bond donors (Lipinski definition) is 0. The molecule has 1 aliphatic rings. The Kier molecular flexibility index (Phi) is 3.90. The normalized spacial score (nSPS) is 18.5. The Hall–Kier alpha value is -2.30. The minimum atomic E-state index is -0.259. The zero-order valence-corrected chi connectivity index (χ0v) is 11.6. The smallest absolute Gasteiger partial charge is 0.256 e. The summed E-state index contributed by atoms with van der Waals surface area (Å²) in [5.41, 5.74) is 1.52. The van der Waals surface area contributed by atoms with Gasteiger partial charge in [-0.3, -0.25) is 4.79 Å². The van der Waals surface area contributed by atoms with Crippen molar-refractivity contribution < 1.29 is 9.18 Å². The van der Waals surface area contributed by atoms with E-state index in [1.807, 2.05) is 4.90 Å². The molecule has 108 valence electrons. The number of hydrogen-bond acceptors (Lipinski definition) is 3. The molecule has 1 saturated heterocycles. The van der Waals surface area contributed by atoms with Crippen molar-refractivity contribution in [1.29, 1.82) is 0 Å². The van der Waals surface area contributed by atoms with E-state index in [2.05, 4.69) is 10.2 Å². The van der Waals surface area contributed by atoms with Crippen LogP contribution in [0.25, 0.3) is 0 Å². The lowest BCUT2D eigenvalue weighted by Crippen LogP contribution is -2.38. The number of halogens is 1. The van der Waals surface area contributed by atoms with Crippen molar-refractivity contribution in [3.05, 3.63) is 59.7 Å². The number of piperidine rings is 1. The predicted molar refractivity (Wildman–Crippen MR) is 76.1 cm³/mol. The van der Waals surface area contributed by atoms with Gasteiger partial charge in [0.05, 0.1) is 24.0 Å². The van der Waals surface area contributed by atoms with Crippen molar-refractivity contribution in [3.8, 4) is 0 Å². The monoisotopic (exact) mass is 285 g/mol. The van der Waals surface area contributed by atoms with Crippen LogP contribution in [0.4, 0.5) is 4.39 Å². The third-order valence-electron chi connectivity index (χ3n) is 3.85. The number of aromatic nitrogens is 2. The molecule has 5 heteroatoms. The average Bonchev–Trinajstić information content (AvgIpc) is 2.56. The minimum Gasteiger partial charge on any atom is -0.332 e. The summed E-state index contributed by atoms with van der Waals surface area (Å²) in [5.74, 6) is -0.301. The van der Waals surface area contributed by atoms with E-state index in [1.54, 1.807) is 18.2 Å². The van der Waals surface area contributed by atoms with Crippen LogP contribution in [0.15, 0.2) is 42.7 Å². The molecule has 21 heavy (non-hydrogen) atoms. The molecule has 4 nitrogen and oxygen atoms in total. The van der Waals surface area contributed by atoms with E-state index >= 15 is 0 Å². The van der Waals surface area contributed by atoms with Gasteiger partial charge in [-0.1, -0.05) is 12.1 Å². The second-order valence-corrected chi connectivity index (χ2v) is 5.19. The molecule has 0 spiro atoms. The number of amides is 1. The highest BCUT2D eigenvalue weighted by atomic mass is 19.1. The van der Waals surface area contributed by atoms with Crippen molar-refractivity contribution in [2.24, 2.45) is 0 Å². The number of carbonyl (C=O) groups is 1. The van der Waals surface area contributed by atoms with Gasteiger partial charge in [0.15, 0.2) is 0 Å². The molecule has 0 radical (unpaired) electrons. The first-order chi connectivity index (χ1) is 10.3. The number of carbonyl (C=O) groups excluding carboxylic acids is 1. The number of benzene rings is 1. The summed E-state index contributed by atoms with van der Waals surface area (Å²) in [6, 6.07) is 8.08. The maximum Gasteiger partial charge on any atom is 0.256 e. The first-order valence-corrected chi connectivity index (χ1v) is 7.09. The molecular formula is C16H16FN3O. The summed E-state index contributed by atoms with van der Waals surface area (Å²) < 4.78 is 13.1. The standard InChI is InChI=1S/C16H16FN3O/c17-14-6-4-12(5-7-14)15-3-1-2-10-20(15)16(21)13-8-9-18-19-11-13/h4-9,11,15H,1-3,10H2. The van der Waals surface area contributed by atoms with E-state index in [1.165, 1.54) is 24.5 Å². The maximum atomic E-state index is 13.1. The van der Waals surface area contributed by atoms with Crippen LogP contribution in [0.5, 0.6) is 0 Å². The lowest BCUT2D eigenvalue weighted by molar-refractivity contribution is 0.0611. The van der Waals surface area contributed by atoms with Crippen LogP contribution in [0.3, 0.4) is 0 Å². The SMILES string of the molecule is O=C(c1ccnnc1)N1CCCCC1c1ccc(F)cc1. The van der Waals surface area contributed by atoms with Gasteiger partial charge in [-0.25, -0.2) is 4.39 Å². The van der Waals surface area contributed by atoms with Crippen LogP contribution in [-0.4, -0.2) is 27.5 Å². The van der Waals surface area contributed by atoms with Crippen LogP contribution >= 0.6 is 0 Å². The Bertz CT molecular complexity index is 615. The fourth-order valence-electron chi connectivity index (χ4n) is 2.79. The third-order valence-corrected chi connectivity index (χ3v) is 3.85. The molecule has 1 aromatic carbocycles. The van der Waals surface area contributed by atoms with Gasteiger partial charge in [0.2, 0.25) is 0 Å². The topological polar surface area (TPSA) is 46.1 Å². The van der Waals surface area contributed by atoms with Crippen molar-refractivity contribution in [2.45, 2.75) is 25.3 Å². The third kappa shape index (κ3) is 2.91. The Labute approximate surface area is 122 Å². The van der Waals surface area contributed by atoms with Crippen molar-refractivity contribution in [1.82, 2.24) is 15.1 Å². The van der Waals surface area contributed by atoms with Crippen LogP contribution in [0, 0.1) is 5.82 Å². The second kappa shape index (κ2) is 5.99. The molecule has 1 fully saturated rings. The molecule has 0 N–H and O–H groups in total. The van der Waals surface area contributed by atoms with Crippen molar-refractivity contribution in [2.75, 3.05) is 6.54 Å². The minimum absolute atomic E-state index is 0.0000142. The quantitative estimate of drug-likeness (QED) is 0.852. The molecule has 1 aromatic heterocycles. The summed E-state index contributed by atoms with van der Waals surface area (Å²) in [6.07, 6.45) is 5.96. The Morgan fingerprint density at radius 3 is 2.67 bits per heavy atom. The second-order valence-electron chi connectivity index (χ2n) is 5.19. The van der Waals surface area contributed by atoms with Gasteiger partial charge in [0.25, 0.3) is 5.91 Å². The van der Waals surface area contributed by atoms with Gasteiger partial charge < -0.3 is 4.90 Å². The van der Waals surface area contributed by atoms with E-state index < -0.39 is 0 Å². The first kappa shape index (κ1) is 13.7. The molecular weight excluding hydrogens is 269 g/mol. The number of rotatable bonds is 2. The highest BCUT2D eigenvalue weighted by Gasteiger charge is 2.28. The zero-order valence-electron chi connectivity index (χ0n) is 11.6. The Morgan fingerprint density at radius 2 is 1.95 bits per heavy atom.